The monoisotopic (exact) mass is 251 g/mol. The molecular formula is C15H22ClN. The first kappa shape index (κ1) is 12.9. The molecule has 1 nitrogen and oxygen atoms in total. The largest absolute Gasteiger partial charge is 0.314 e. The molecule has 1 fully saturated rings. The lowest BCUT2D eigenvalue weighted by Crippen LogP contribution is -2.33. The third-order valence-corrected chi connectivity index (χ3v) is 3.91. The van der Waals surface area contributed by atoms with Crippen LogP contribution in [0.1, 0.15) is 50.5 Å². The van der Waals surface area contributed by atoms with E-state index in [1.54, 1.807) is 0 Å². The molecule has 0 heterocycles. The third kappa shape index (κ3) is 3.72. The van der Waals surface area contributed by atoms with Crippen molar-refractivity contribution in [1.29, 1.82) is 0 Å². The lowest BCUT2D eigenvalue weighted by Gasteiger charge is -2.30. The molecule has 2 atom stereocenters. The van der Waals surface area contributed by atoms with Crippen molar-refractivity contribution in [1.82, 2.24) is 5.32 Å². The Hall–Kier alpha value is -0.530. The van der Waals surface area contributed by atoms with E-state index >= 15 is 0 Å². The van der Waals surface area contributed by atoms with E-state index in [0.717, 1.165) is 11.6 Å². The zero-order valence-electron chi connectivity index (χ0n) is 10.6. The quantitative estimate of drug-likeness (QED) is 0.838. The summed E-state index contributed by atoms with van der Waals surface area (Å²) in [5.41, 5.74) is 1.42. The molecule has 2 unspecified atom stereocenters. The van der Waals surface area contributed by atoms with E-state index in [2.05, 4.69) is 30.4 Å². The molecule has 0 spiro atoms. The van der Waals surface area contributed by atoms with E-state index in [4.69, 9.17) is 11.6 Å². The standard InChI is InChI=1S/C15H22ClN/c1-2-9-17-15-8-4-6-13(11-15)12-5-3-7-14(16)10-12/h3,5,7,10,13,15,17H,2,4,6,8-9,11H2,1H3. The molecule has 94 valence electrons. The Bertz CT molecular complexity index is 351. The molecule has 1 N–H and O–H groups in total. The summed E-state index contributed by atoms with van der Waals surface area (Å²) < 4.78 is 0. The average Bonchev–Trinajstić information content (AvgIpc) is 2.37. The van der Waals surface area contributed by atoms with Crippen molar-refractivity contribution in [3.8, 4) is 0 Å². The zero-order valence-corrected chi connectivity index (χ0v) is 11.3. The lowest BCUT2D eigenvalue weighted by molar-refractivity contribution is 0.340. The Morgan fingerprint density at radius 2 is 2.24 bits per heavy atom. The molecule has 1 aromatic carbocycles. The van der Waals surface area contributed by atoms with Crippen LogP contribution in [0, 0.1) is 0 Å². The Kier molecular flexibility index (Phi) is 4.87. The van der Waals surface area contributed by atoms with E-state index in [0.29, 0.717) is 12.0 Å². The van der Waals surface area contributed by atoms with Gasteiger partial charge in [0, 0.05) is 11.1 Å². The fraction of sp³-hybridized carbons (Fsp3) is 0.600. The minimum absolute atomic E-state index is 0.691. The van der Waals surface area contributed by atoms with Crippen LogP contribution in [0.25, 0.3) is 0 Å². The van der Waals surface area contributed by atoms with Crippen molar-refractivity contribution in [3.63, 3.8) is 0 Å². The summed E-state index contributed by atoms with van der Waals surface area (Å²) in [6.45, 7) is 3.37. The van der Waals surface area contributed by atoms with Crippen LogP contribution in [-0.2, 0) is 0 Å². The van der Waals surface area contributed by atoms with E-state index in [1.807, 2.05) is 6.07 Å². The van der Waals surface area contributed by atoms with Gasteiger partial charge in [-0.25, -0.2) is 0 Å². The van der Waals surface area contributed by atoms with Crippen molar-refractivity contribution in [2.45, 2.75) is 51.0 Å². The highest BCUT2D eigenvalue weighted by Crippen LogP contribution is 2.33. The SMILES string of the molecule is CCCNC1CCCC(c2cccc(Cl)c2)C1. The minimum atomic E-state index is 0.691. The van der Waals surface area contributed by atoms with Crippen molar-refractivity contribution >= 4 is 11.6 Å². The summed E-state index contributed by atoms with van der Waals surface area (Å²) in [7, 11) is 0. The molecule has 0 amide bonds. The van der Waals surface area contributed by atoms with Crippen molar-refractivity contribution in [3.05, 3.63) is 34.9 Å². The number of hydrogen-bond acceptors (Lipinski definition) is 1. The van der Waals surface area contributed by atoms with Crippen LogP contribution in [-0.4, -0.2) is 12.6 Å². The third-order valence-electron chi connectivity index (χ3n) is 3.68. The Morgan fingerprint density at radius 3 is 3.00 bits per heavy atom. The summed E-state index contributed by atoms with van der Waals surface area (Å²) >= 11 is 6.07. The van der Waals surface area contributed by atoms with Gasteiger partial charge in [0.05, 0.1) is 0 Å². The van der Waals surface area contributed by atoms with Gasteiger partial charge in [0.15, 0.2) is 0 Å². The zero-order chi connectivity index (χ0) is 12.1. The van der Waals surface area contributed by atoms with Gasteiger partial charge in [-0.3, -0.25) is 0 Å². The molecule has 1 aliphatic carbocycles. The summed E-state index contributed by atoms with van der Waals surface area (Å²) in [5, 5.41) is 4.52. The predicted molar refractivity (Wildman–Crippen MR) is 74.7 cm³/mol. The molecule has 2 rings (SSSR count). The van der Waals surface area contributed by atoms with E-state index in [1.165, 1.54) is 37.7 Å². The number of benzene rings is 1. The second kappa shape index (κ2) is 6.42. The highest BCUT2D eigenvalue weighted by molar-refractivity contribution is 6.30. The molecule has 1 aliphatic rings. The molecule has 0 saturated heterocycles. The summed E-state index contributed by atoms with van der Waals surface area (Å²) in [4.78, 5) is 0. The van der Waals surface area contributed by atoms with Gasteiger partial charge < -0.3 is 5.32 Å². The van der Waals surface area contributed by atoms with Gasteiger partial charge in [0.25, 0.3) is 0 Å². The van der Waals surface area contributed by atoms with E-state index < -0.39 is 0 Å². The normalized spacial score (nSPS) is 24.8. The van der Waals surface area contributed by atoms with Crippen LogP contribution in [0.15, 0.2) is 24.3 Å². The molecule has 17 heavy (non-hydrogen) atoms. The predicted octanol–water partition coefficient (Wildman–Crippen LogP) is 4.37. The van der Waals surface area contributed by atoms with E-state index in [-0.39, 0.29) is 0 Å². The van der Waals surface area contributed by atoms with E-state index in [9.17, 15) is 0 Å². The Labute approximate surface area is 110 Å². The molecule has 1 aromatic rings. The second-order valence-corrected chi connectivity index (χ2v) is 5.51. The smallest absolute Gasteiger partial charge is 0.0408 e. The van der Waals surface area contributed by atoms with Crippen LogP contribution >= 0.6 is 11.6 Å². The van der Waals surface area contributed by atoms with Crippen molar-refractivity contribution in [2.75, 3.05) is 6.54 Å². The first-order valence-electron chi connectivity index (χ1n) is 6.78. The maximum absolute atomic E-state index is 6.07. The maximum atomic E-state index is 6.07. The summed E-state index contributed by atoms with van der Waals surface area (Å²) in [6.07, 6.45) is 6.46. The molecule has 0 radical (unpaired) electrons. The first-order valence-corrected chi connectivity index (χ1v) is 7.16. The summed E-state index contributed by atoms with van der Waals surface area (Å²) in [6, 6.07) is 9.09. The Balaban J connectivity index is 1.97. The minimum Gasteiger partial charge on any atom is -0.314 e. The highest BCUT2D eigenvalue weighted by Gasteiger charge is 2.22. The van der Waals surface area contributed by atoms with Gasteiger partial charge in [-0.1, -0.05) is 37.1 Å². The van der Waals surface area contributed by atoms with Gasteiger partial charge >= 0.3 is 0 Å². The summed E-state index contributed by atoms with van der Waals surface area (Å²) in [5.74, 6) is 0.691. The van der Waals surface area contributed by atoms with Gasteiger partial charge in [0.1, 0.15) is 0 Å². The maximum Gasteiger partial charge on any atom is 0.0408 e. The number of hydrogen-bond donors (Lipinski definition) is 1. The number of rotatable bonds is 4. The molecule has 0 bridgehead atoms. The number of nitrogens with one attached hydrogen (secondary N) is 1. The van der Waals surface area contributed by atoms with Crippen LogP contribution in [0.5, 0.6) is 0 Å². The molecule has 0 aromatic heterocycles. The molecule has 0 aliphatic heterocycles. The first-order chi connectivity index (χ1) is 8.29. The van der Waals surface area contributed by atoms with Crippen molar-refractivity contribution in [2.24, 2.45) is 0 Å². The molecular weight excluding hydrogens is 230 g/mol. The molecule has 2 heteroatoms. The van der Waals surface area contributed by atoms with Crippen LogP contribution in [0.2, 0.25) is 5.02 Å². The van der Waals surface area contributed by atoms with Gasteiger partial charge in [-0.2, -0.15) is 0 Å². The fourth-order valence-corrected chi connectivity index (χ4v) is 2.99. The second-order valence-electron chi connectivity index (χ2n) is 5.07. The van der Waals surface area contributed by atoms with Crippen LogP contribution < -0.4 is 5.32 Å². The topological polar surface area (TPSA) is 12.0 Å². The average molecular weight is 252 g/mol. The van der Waals surface area contributed by atoms with Gasteiger partial charge in [-0.15, -0.1) is 0 Å². The van der Waals surface area contributed by atoms with Crippen LogP contribution in [0.3, 0.4) is 0 Å². The fourth-order valence-electron chi connectivity index (χ4n) is 2.79. The Morgan fingerprint density at radius 1 is 1.35 bits per heavy atom. The van der Waals surface area contributed by atoms with Crippen LogP contribution in [0.4, 0.5) is 0 Å². The highest BCUT2D eigenvalue weighted by atomic mass is 35.5. The van der Waals surface area contributed by atoms with Crippen molar-refractivity contribution < 1.29 is 0 Å². The molecule has 1 saturated carbocycles. The number of halogens is 1. The van der Waals surface area contributed by atoms with Gasteiger partial charge in [-0.05, 0) is 55.8 Å². The van der Waals surface area contributed by atoms with Gasteiger partial charge in [0.2, 0.25) is 0 Å². The lowest BCUT2D eigenvalue weighted by atomic mass is 9.81.